The summed E-state index contributed by atoms with van der Waals surface area (Å²) in [4.78, 5) is 11.7. The minimum Gasteiger partial charge on any atom is -0.492 e. The van der Waals surface area contributed by atoms with Crippen LogP contribution in [0.1, 0.15) is 17.5 Å². The Hall–Kier alpha value is -2.37. The van der Waals surface area contributed by atoms with Crippen molar-refractivity contribution in [3.63, 3.8) is 0 Å². The summed E-state index contributed by atoms with van der Waals surface area (Å²) in [6.07, 6.45) is 2.33. The van der Waals surface area contributed by atoms with Gasteiger partial charge in [0.15, 0.2) is 11.5 Å². The molecule has 1 saturated heterocycles. The van der Waals surface area contributed by atoms with E-state index in [1.807, 2.05) is 6.92 Å². The van der Waals surface area contributed by atoms with Gasteiger partial charge in [-0.15, -0.1) is 0 Å². The van der Waals surface area contributed by atoms with Crippen LogP contribution in [0.2, 0.25) is 0 Å². The molecule has 1 fully saturated rings. The predicted molar refractivity (Wildman–Crippen MR) is 80.9 cm³/mol. The summed E-state index contributed by atoms with van der Waals surface area (Å²) in [6.45, 7) is 2.27. The van der Waals surface area contributed by atoms with Crippen LogP contribution in [-0.2, 0) is 9.53 Å². The minimum atomic E-state index is -0.310. The molecule has 2 rings (SSSR count). The maximum absolute atomic E-state index is 11.7. The number of cyclic esters (lactones) is 1. The summed E-state index contributed by atoms with van der Waals surface area (Å²) < 4.78 is 26.7. The number of ether oxygens (including phenoxy) is 5. The molecule has 0 unspecified atom stereocenters. The highest BCUT2D eigenvalue weighted by molar-refractivity contribution is 5.96. The third-order valence-corrected chi connectivity index (χ3v) is 3.61. The first-order valence-electron chi connectivity index (χ1n) is 6.83. The Kier molecular flexibility index (Phi) is 4.80. The van der Waals surface area contributed by atoms with Crippen LogP contribution < -0.4 is 18.9 Å². The summed E-state index contributed by atoms with van der Waals surface area (Å²) in [5, 5.41) is 0. The van der Waals surface area contributed by atoms with Crippen LogP contribution >= 0.6 is 0 Å². The van der Waals surface area contributed by atoms with E-state index in [1.165, 1.54) is 21.3 Å². The molecule has 1 aliphatic rings. The number of carbonyl (C=O) groups is 1. The Balaban J connectivity index is 2.74. The number of hydrogen-bond donors (Lipinski definition) is 0. The van der Waals surface area contributed by atoms with Gasteiger partial charge in [-0.05, 0) is 13.0 Å². The van der Waals surface area contributed by atoms with Gasteiger partial charge in [-0.1, -0.05) is 0 Å². The lowest BCUT2D eigenvalue weighted by Gasteiger charge is -2.20. The van der Waals surface area contributed by atoms with E-state index in [-0.39, 0.29) is 5.97 Å². The summed E-state index contributed by atoms with van der Waals surface area (Å²) in [7, 11) is 6.15. The number of carbonyl (C=O) groups excluding carboxylic acids is 1. The van der Waals surface area contributed by atoms with Gasteiger partial charge in [0, 0.05) is 23.1 Å². The smallest absolute Gasteiger partial charge is 0.334 e. The highest BCUT2D eigenvalue weighted by Crippen LogP contribution is 2.50. The second kappa shape index (κ2) is 6.60. The second-order valence-corrected chi connectivity index (χ2v) is 4.73. The van der Waals surface area contributed by atoms with Gasteiger partial charge in [-0.2, -0.15) is 0 Å². The van der Waals surface area contributed by atoms with Crippen molar-refractivity contribution < 1.29 is 28.5 Å². The molecule has 0 aromatic heterocycles. The molecule has 6 heteroatoms. The first-order valence-corrected chi connectivity index (χ1v) is 6.83. The van der Waals surface area contributed by atoms with Gasteiger partial charge in [-0.3, -0.25) is 0 Å². The Morgan fingerprint density at radius 2 is 1.45 bits per heavy atom. The topological polar surface area (TPSA) is 63.2 Å². The highest BCUT2D eigenvalue weighted by atomic mass is 16.5. The van der Waals surface area contributed by atoms with Gasteiger partial charge in [0.2, 0.25) is 11.5 Å². The SMILES string of the molecule is COc1c(C)c(/C=C2\CCOC2=O)c(OC)c(OC)c1OC. The molecular weight excluding hydrogens is 288 g/mol. The van der Waals surface area contributed by atoms with Crippen LogP contribution in [0.25, 0.3) is 6.08 Å². The predicted octanol–water partition coefficient (Wildman–Crippen LogP) is 2.36. The van der Waals surface area contributed by atoms with Crippen molar-refractivity contribution in [1.29, 1.82) is 0 Å². The van der Waals surface area contributed by atoms with E-state index in [4.69, 9.17) is 23.7 Å². The molecule has 0 amide bonds. The molecule has 1 aromatic rings. The number of benzene rings is 1. The molecule has 22 heavy (non-hydrogen) atoms. The molecule has 1 aliphatic heterocycles. The van der Waals surface area contributed by atoms with Gasteiger partial charge in [0.05, 0.1) is 35.0 Å². The second-order valence-electron chi connectivity index (χ2n) is 4.73. The Bertz CT molecular complexity index is 618. The molecule has 0 atom stereocenters. The standard InChI is InChI=1S/C16H20O6/c1-9-11(8-10-6-7-22-16(10)17)13(19-3)15(21-5)14(20-4)12(9)18-2/h8H,6-7H2,1-5H3/b10-8+. The normalized spacial score (nSPS) is 15.7. The molecule has 0 bridgehead atoms. The molecular formula is C16H20O6. The lowest BCUT2D eigenvalue weighted by Crippen LogP contribution is -2.03. The molecule has 6 nitrogen and oxygen atoms in total. The van der Waals surface area contributed by atoms with Crippen molar-refractivity contribution in [2.24, 2.45) is 0 Å². The lowest BCUT2D eigenvalue weighted by molar-refractivity contribution is -0.134. The van der Waals surface area contributed by atoms with Gasteiger partial charge in [-0.25, -0.2) is 4.79 Å². The Morgan fingerprint density at radius 3 is 1.91 bits per heavy atom. The average molecular weight is 308 g/mol. The van der Waals surface area contributed by atoms with E-state index < -0.39 is 0 Å². The fourth-order valence-electron chi connectivity index (χ4n) is 2.54. The van der Waals surface area contributed by atoms with Crippen LogP contribution in [0.15, 0.2) is 5.57 Å². The quantitative estimate of drug-likeness (QED) is 0.614. The molecule has 0 N–H and O–H groups in total. The fourth-order valence-corrected chi connectivity index (χ4v) is 2.54. The lowest BCUT2D eigenvalue weighted by atomic mass is 10.0. The number of hydrogen-bond acceptors (Lipinski definition) is 6. The zero-order valence-corrected chi connectivity index (χ0v) is 13.4. The third kappa shape index (κ3) is 2.56. The first-order chi connectivity index (χ1) is 10.6. The van der Waals surface area contributed by atoms with Gasteiger partial charge in [0.25, 0.3) is 0 Å². The Morgan fingerprint density at radius 1 is 0.909 bits per heavy atom. The van der Waals surface area contributed by atoms with Gasteiger partial charge >= 0.3 is 5.97 Å². The zero-order valence-electron chi connectivity index (χ0n) is 13.4. The van der Waals surface area contributed by atoms with Gasteiger partial charge < -0.3 is 23.7 Å². The van der Waals surface area contributed by atoms with E-state index >= 15 is 0 Å². The zero-order chi connectivity index (χ0) is 16.3. The molecule has 0 radical (unpaired) electrons. The Labute approximate surface area is 129 Å². The number of rotatable bonds is 5. The van der Waals surface area contributed by atoms with E-state index in [9.17, 15) is 4.79 Å². The largest absolute Gasteiger partial charge is 0.492 e. The number of esters is 1. The van der Waals surface area contributed by atoms with Crippen molar-refractivity contribution in [1.82, 2.24) is 0 Å². The maximum Gasteiger partial charge on any atom is 0.334 e. The van der Waals surface area contributed by atoms with Crippen LogP contribution in [-0.4, -0.2) is 41.0 Å². The van der Waals surface area contributed by atoms with E-state index in [2.05, 4.69) is 0 Å². The van der Waals surface area contributed by atoms with E-state index in [1.54, 1.807) is 13.2 Å². The maximum atomic E-state index is 11.7. The summed E-state index contributed by atoms with van der Waals surface area (Å²) in [6, 6.07) is 0. The molecule has 1 aromatic carbocycles. The van der Waals surface area contributed by atoms with Crippen LogP contribution in [0, 0.1) is 6.92 Å². The van der Waals surface area contributed by atoms with Gasteiger partial charge in [0.1, 0.15) is 0 Å². The van der Waals surface area contributed by atoms with Crippen LogP contribution in [0.4, 0.5) is 0 Å². The van der Waals surface area contributed by atoms with E-state index in [0.717, 1.165) is 5.56 Å². The third-order valence-electron chi connectivity index (χ3n) is 3.61. The number of methoxy groups -OCH3 is 4. The summed E-state index contributed by atoms with van der Waals surface area (Å²) in [5.41, 5.74) is 2.10. The van der Waals surface area contributed by atoms with Crippen molar-refractivity contribution in [3.05, 3.63) is 16.7 Å². The molecule has 0 saturated carbocycles. The van der Waals surface area contributed by atoms with Crippen molar-refractivity contribution >= 4 is 12.0 Å². The van der Waals surface area contributed by atoms with Crippen LogP contribution in [0.3, 0.4) is 0 Å². The van der Waals surface area contributed by atoms with E-state index in [0.29, 0.717) is 47.2 Å². The summed E-state index contributed by atoms with van der Waals surface area (Å²) >= 11 is 0. The molecule has 1 heterocycles. The molecule has 120 valence electrons. The van der Waals surface area contributed by atoms with Crippen molar-refractivity contribution in [2.75, 3.05) is 35.0 Å². The fraction of sp³-hybridized carbons (Fsp3) is 0.438. The average Bonchev–Trinajstić information content (AvgIpc) is 2.93. The monoisotopic (exact) mass is 308 g/mol. The van der Waals surface area contributed by atoms with Crippen molar-refractivity contribution in [2.45, 2.75) is 13.3 Å². The highest BCUT2D eigenvalue weighted by Gasteiger charge is 2.26. The molecule has 0 aliphatic carbocycles. The first kappa shape index (κ1) is 16.0. The van der Waals surface area contributed by atoms with Crippen molar-refractivity contribution in [3.8, 4) is 23.0 Å². The molecule has 0 spiro atoms. The minimum absolute atomic E-state index is 0.310. The van der Waals surface area contributed by atoms with Crippen LogP contribution in [0.5, 0.6) is 23.0 Å². The summed E-state index contributed by atoms with van der Waals surface area (Å²) in [5.74, 6) is 1.60.